The smallest absolute Gasteiger partial charge is 0.259 e. The lowest BCUT2D eigenvalue weighted by Crippen LogP contribution is -2.14. The number of sulfone groups is 1. The first-order valence-corrected chi connectivity index (χ1v) is 10.3. The summed E-state index contributed by atoms with van der Waals surface area (Å²) in [7, 11) is -3.09. The van der Waals surface area contributed by atoms with E-state index in [-0.39, 0.29) is 23.0 Å². The molecule has 0 spiro atoms. The zero-order valence-corrected chi connectivity index (χ0v) is 14.9. The fraction of sp³-hybridized carbons (Fsp3) is 0.316. The lowest BCUT2D eigenvalue weighted by atomic mass is 9.90. The van der Waals surface area contributed by atoms with Gasteiger partial charge in [-0.05, 0) is 66.6 Å². The molecule has 1 aliphatic rings. The molecule has 0 fully saturated rings. The molecule has 2 N–H and O–H groups in total. The second-order valence-corrected chi connectivity index (χ2v) is 8.71. The number of phenols is 1. The molecule has 0 saturated heterocycles. The Kier molecular flexibility index (Phi) is 4.81. The number of hydrogen-bond acceptors (Lipinski definition) is 4. The van der Waals surface area contributed by atoms with Crippen LogP contribution >= 0.6 is 0 Å². The second kappa shape index (κ2) is 6.88. The van der Waals surface area contributed by atoms with E-state index in [0.29, 0.717) is 11.3 Å². The maximum absolute atomic E-state index is 12.5. The minimum Gasteiger partial charge on any atom is -0.507 e. The number of carbonyl (C=O) groups is 1. The van der Waals surface area contributed by atoms with Gasteiger partial charge >= 0.3 is 0 Å². The van der Waals surface area contributed by atoms with E-state index in [1.807, 2.05) is 0 Å². The number of hydrogen-bond donors (Lipinski definition) is 2. The Hall–Kier alpha value is -2.34. The number of benzene rings is 2. The maximum Gasteiger partial charge on any atom is 0.259 e. The van der Waals surface area contributed by atoms with Crippen molar-refractivity contribution in [2.24, 2.45) is 0 Å². The van der Waals surface area contributed by atoms with Crippen LogP contribution in [-0.2, 0) is 28.4 Å². The van der Waals surface area contributed by atoms with Crippen LogP contribution in [0.1, 0.15) is 39.9 Å². The second-order valence-electron chi connectivity index (χ2n) is 6.57. The normalized spacial score (nSPS) is 14.0. The van der Waals surface area contributed by atoms with Gasteiger partial charge in [-0.15, -0.1) is 0 Å². The lowest BCUT2D eigenvalue weighted by Gasteiger charge is -2.17. The molecule has 0 heterocycles. The van der Waals surface area contributed by atoms with Crippen molar-refractivity contribution < 1.29 is 18.3 Å². The SMILES string of the molecule is CS(=O)(=O)Cc1ccc(NC(=O)c2cc3c(cc2O)CCCC3)cc1. The van der Waals surface area contributed by atoms with E-state index < -0.39 is 9.84 Å². The van der Waals surface area contributed by atoms with Crippen molar-refractivity contribution in [3.05, 3.63) is 58.7 Å². The van der Waals surface area contributed by atoms with Crippen molar-refractivity contribution in [1.29, 1.82) is 0 Å². The third kappa shape index (κ3) is 4.39. The average Bonchev–Trinajstić information content (AvgIpc) is 2.54. The van der Waals surface area contributed by atoms with E-state index >= 15 is 0 Å². The van der Waals surface area contributed by atoms with Crippen LogP contribution in [0.25, 0.3) is 0 Å². The Morgan fingerprint density at radius 3 is 2.28 bits per heavy atom. The average molecular weight is 359 g/mol. The van der Waals surface area contributed by atoms with Crippen LogP contribution in [0.4, 0.5) is 5.69 Å². The van der Waals surface area contributed by atoms with Crippen LogP contribution in [0.2, 0.25) is 0 Å². The molecule has 0 radical (unpaired) electrons. The Balaban J connectivity index is 1.76. The molecule has 0 aromatic heterocycles. The topological polar surface area (TPSA) is 83.5 Å². The number of fused-ring (bicyclic) bond motifs is 1. The molecule has 6 heteroatoms. The minimum atomic E-state index is -3.09. The van der Waals surface area contributed by atoms with Crippen molar-refractivity contribution in [2.75, 3.05) is 11.6 Å². The monoisotopic (exact) mass is 359 g/mol. The molecule has 2 aromatic rings. The molecule has 132 valence electrons. The third-order valence-corrected chi connectivity index (χ3v) is 5.20. The van der Waals surface area contributed by atoms with E-state index in [9.17, 15) is 18.3 Å². The number of carbonyl (C=O) groups excluding carboxylic acids is 1. The lowest BCUT2D eigenvalue weighted by molar-refractivity contribution is 0.102. The molecule has 0 aliphatic heterocycles. The predicted octanol–water partition coefficient (Wildman–Crippen LogP) is 3.07. The van der Waals surface area contributed by atoms with Gasteiger partial charge in [0, 0.05) is 11.9 Å². The summed E-state index contributed by atoms with van der Waals surface area (Å²) in [6.45, 7) is 0. The fourth-order valence-corrected chi connectivity index (χ4v) is 3.94. The molecule has 0 bridgehead atoms. The van der Waals surface area contributed by atoms with Crippen molar-refractivity contribution in [3.63, 3.8) is 0 Å². The quantitative estimate of drug-likeness (QED) is 0.879. The molecule has 2 aromatic carbocycles. The highest BCUT2D eigenvalue weighted by Crippen LogP contribution is 2.29. The first kappa shape index (κ1) is 17.5. The predicted molar refractivity (Wildman–Crippen MR) is 97.7 cm³/mol. The van der Waals surface area contributed by atoms with E-state index in [2.05, 4.69) is 5.32 Å². The molecule has 1 aliphatic carbocycles. The molecule has 0 atom stereocenters. The van der Waals surface area contributed by atoms with Crippen LogP contribution in [-0.4, -0.2) is 25.7 Å². The van der Waals surface area contributed by atoms with Crippen LogP contribution in [0.15, 0.2) is 36.4 Å². The van der Waals surface area contributed by atoms with Crippen molar-refractivity contribution in [1.82, 2.24) is 0 Å². The molecule has 0 saturated carbocycles. The van der Waals surface area contributed by atoms with E-state index in [4.69, 9.17) is 0 Å². The highest BCUT2D eigenvalue weighted by Gasteiger charge is 2.17. The molecular weight excluding hydrogens is 338 g/mol. The van der Waals surface area contributed by atoms with Crippen LogP contribution in [0.3, 0.4) is 0 Å². The van der Waals surface area contributed by atoms with Gasteiger partial charge in [-0.25, -0.2) is 8.42 Å². The Bertz CT molecular complexity index is 902. The summed E-state index contributed by atoms with van der Waals surface area (Å²) in [5.74, 6) is -0.416. The highest BCUT2D eigenvalue weighted by atomic mass is 32.2. The first-order chi connectivity index (χ1) is 11.8. The number of anilines is 1. The molecule has 5 nitrogen and oxygen atoms in total. The summed E-state index contributed by atoms with van der Waals surface area (Å²) >= 11 is 0. The number of phenolic OH excluding ortho intramolecular Hbond substituents is 1. The van der Waals surface area contributed by atoms with Crippen molar-refractivity contribution >= 4 is 21.4 Å². The van der Waals surface area contributed by atoms with Crippen LogP contribution < -0.4 is 5.32 Å². The van der Waals surface area contributed by atoms with Gasteiger partial charge in [-0.2, -0.15) is 0 Å². The van der Waals surface area contributed by atoms with Crippen LogP contribution in [0, 0.1) is 0 Å². The van der Waals surface area contributed by atoms with Gasteiger partial charge in [0.25, 0.3) is 5.91 Å². The molecule has 25 heavy (non-hydrogen) atoms. The summed E-state index contributed by atoms with van der Waals surface area (Å²) in [4.78, 5) is 12.5. The minimum absolute atomic E-state index is 0.00755. The summed E-state index contributed by atoms with van der Waals surface area (Å²) < 4.78 is 22.6. The van der Waals surface area contributed by atoms with Gasteiger partial charge in [0.1, 0.15) is 5.75 Å². The van der Waals surface area contributed by atoms with E-state index in [1.54, 1.807) is 36.4 Å². The summed E-state index contributed by atoms with van der Waals surface area (Å²) in [6, 6.07) is 10.1. The zero-order valence-electron chi connectivity index (χ0n) is 14.1. The maximum atomic E-state index is 12.5. The molecule has 1 amide bonds. The Labute approximate surface area is 147 Å². The molecule has 0 unspecified atom stereocenters. The Morgan fingerprint density at radius 2 is 1.68 bits per heavy atom. The molecular formula is C19H21NO4S. The summed E-state index contributed by atoms with van der Waals surface area (Å²) in [5.41, 5.74) is 3.72. The van der Waals surface area contributed by atoms with E-state index in [0.717, 1.165) is 36.8 Å². The number of amides is 1. The number of aryl methyl sites for hydroxylation is 2. The zero-order chi connectivity index (χ0) is 18.0. The van der Waals surface area contributed by atoms with Gasteiger partial charge < -0.3 is 10.4 Å². The third-order valence-electron chi connectivity index (χ3n) is 4.35. The molecule has 3 rings (SSSR count). The van der Waals surface area contributed by atoms with Crippen LogP contribution in [0.5, 0.6) is 5.75 Å². The van der Waals surface area contributed by atoms with Gasteiger partial charge in [-0.1, -0.05) is 12.1 Å². The standard InChI is InChI=1S/C19H21NO4S/c1-25(23,24)12-13-6-8-16(9-7-13)20-19(22)17-10-14-4-2-3-5-15(14)11-18(17)21/h6-11,21H,2-5,12H2,1H3,(H,20,22). The number of nitrogens with one attached hydrogen (secondary N) is 1. The van der Waals surface area contributed by atoms with Gasteiger partial charge in [0.05, 0.1) is 11.3 Å². The first-order valence-electron chi connectivity index (χ1n) is 8.24. The number of rotatable bonds is 4. The van der Waals surface area contributed by atoms with Gasteiger partial charge in [-0.3, -0.25) is 4.79 Å². The van der Waals surface area contributed by atoms with Gasteiger partial charge in [0.2, 0.25) is 0 Å². The van der Waals surface area contributed by atoms with Crippen molar-refractivity contribution in [2.45, 2.75) is 31.4 Å². The van der Waals surface area contributed by atoms with E-state index in [1.165, 1.54) is 6.26 Å². The Morgan fingerprint density at radius 1 is 1.08 bits per heavy atom. The largest absolute Gasteiger partial charge is 0.507 e. The van der Waals surface area contributed by atoms with Gasteiger partial charge in [0.15, 0.2) is 9.84 Å². The highest BCUT2D eigenvalue weighted by molar-refractivity contribution is 7.89. The van der Waals surface area contributed by atoms with Crippen molar-refractivity contribution in [3.8, 4) is 5.75 Å². The fourth-order valence-electron chi connectivity index (χ4n) is 3.14. The summed E-state index contributed by atoms with van der Waals surface area (Å²) in [5, 5.41) is 12.9. The summed E-state index contributed by atoms with van der Waals surface area (Å²) in [6.07, 6.45) is 5.25. The number of aromatic hydroxyl groups is 1.